The van der Waals surface area contributed by atoms with Crippen molar-refractivity contribution in [1.29, 1.82) is 0 Å². The van der Waals surface area contributed by atoms with Crippen LogP contribution in [0.1, 0.15) is 31.1 Å². The minimum absolute atomic E-state index is 0.0811. The molecule has 0 N–H and O–H groups in total. The van der Waals surface area contributed by atoms with Gasteiger partial charge in [0, 0.05) is 0 Å². The molecular formula is C10H12O4. The molecular weight excluding hydrogens is 184 g/mol. The molecule has 0 fully saturated rings. The second-order valence-corrected chi connectivity index (χ2v) is 3.82. The molecule has 0 atom stereocenters. The number of esters is 1. The van der Waals surface area contributed by atoms with Gasteiger partial charge in [-0.15, -0.1) is 0 Å². The Morgan fingerprint density at radius 1 is 1.43 bits per heavy atom. The van der Waals surface area contributed by atoms with E-state index in [1.807, 2.05) is 0 Å². The third-order valence-corrected chi connectivity index (χ3v) is 1.36. The van der Waals surface area contributed by atoms with Gasteiger partial charge >= 0.3 is 11.6 Å². The Morgan fingerprint density at radius 3 is 2.57 bits per heavy atom. The number of rotatable bonds is 1. The van der Waals surface area contributed by atoms with E-state index in [0.29, 0.717) is 0 Å². The molecule has 0 amide bonds. The molecule has 0 aliphatic heterocycles. The molecule has 0 aromatic carbocycles. The Bertz CT molecular complexity index is 384. The summed E-state index contributed by atoms with van der Waals surface area (Å²) < 4.78 is 9.54. The van der Waals surface area contributed by atoms with Gasteiger partial charge in [-0.3, -0.25) is 0 Å². The first-order valence-corrected chi connectivity index (χ1v) is 4.21. The lowest BCUT2D eigenvalue weighted by molar-refractivity contribution is 0.00648. The highest BCUT2D eigenvalue weighted by Crippen LogP contribution is 2.09. The van der Waals surface area contributed by atoms with Gasteiger partial charge in [0.15, 0.2) is 0 Å². The first kappa shape index (κ1) is 10.5. The summed E-state index contributed by atoms with van der Waals surface area (Å²) in [6, 6.07) is 2.85. The van der Waals surface area contributed by atoms with E-state index in [1.165, 1.54) is 18.4 Å². The number of hydrogen-bond acceptors (Lipinski definition) is 4. The molecule has 0 unspecified atom stereocenters. The third kappa shape index (κ3) is 2.73. The molecule has 0 bridgehead atoms. The van der Waals surface area contributed by atoms with Crippen LogP contribution < -0.4 is 5.63 Å². The SMILES string of the molecule is CC(C)(C)OC(=O)c1cccoc1=O. The van der Waals surface area contributed by atoms with Crippen LogP contribution in [-0.4, -0.2) is 11.6 Å². The summed E-state index contributed by atoms with van der Waals surface area (Å²) in [4.78, 5) is 22.5. The number of ether oxygens (including phenoxy) is 1. The van der Waals surface area contributed by atoms with Gasteiger partial charge in [-0.2, -0.15) is 0 Å². The Balaban J connectivity index is 2.92. The fraction of sp³-hybridized carbons (Fsp3) is 0.400. The standard InChI is InChI=1S/C10H12O4/c1-10(2,3)14-9(12)7-5-4-6-13-8(7)11/h4-6H,1-3H3. The summed E-state index contributed by atoms with van der Waals surface area (Å²) in [5, 5.41) is 0. The Labute approximate surface area is 81.5 Å². The minimum Gasteiger partial charge on any atom is -0.456 e. The lowest BCUT2D eigenvalue weighted by atomic mass is 10.2. The lowest BCUT2D eigenvalue weighted by Gasteiger charge is -2.18. The maximum Gasteiger partial charge on any atom is 0.350 e. The quantitative estimate of drug-likeness (QED) is 0.640. The van der Waals surface area contributed by atoms with Crippen LogP contribution in [-0.2, 0) is 4.74 Å². The van der Waals surface area contributed by atoms with Crippen LogP contribution in [0.25, 0.3) is 0 Å². The smallest absolute Gasteiger partial charge is 0.350 e. The minimum atomic E-state index is -0.679. The molecule has 0 spiro atoms. The van der Waals surface area contributed by atoms with Crippen LogP contribution in [0.15, 0.2) is 27.6 Å². The Hall–Kier alpha value is -1.58. The number of hydrogen-bond donors (Lipinski definition) is 0. The summed E-state index contributed by atoms with van der Waals surface area (Å²) in [5.74, 6) is -0.660. The number of carbonyl (C=O) groups excluding carboxylic acids is 1. The van der Waals surface area contributed by atoms with Gasteiger partial charge in [0.1, 0.15) is 11.2 Å². The zero-order chi connectivity index (χ0) is 10.8. The van der Waals surface area contributed by atoms with Gasteiger partial charge in [0.05, 0.1) is 6.26 Å². The predicted octanol–water partition coefficient (Wildman–Crippen LogP) is 1.60. The average Bonchev–Trinajstić information content (AvgIpc) is 2.01. The van der Waals surface area contributed by atoms with E-state index in [-0.39, 0.29) is 5.56 Å². The zero-order valence-corrected chi connectivity index (χ0v) is 8.37. The van der Waals surface area contributed by atoms with Gasteiger partial charge in [-0.1, -0.05) is 0 Å². The molecule has 1 aromatic rings. The van der Waals surface area contributed by atoms with Crippen LogP contribution >= 0.6 is 0 Å². The third-order valence-electron chi connectivity index (χ3n) is 1.36. The first-order chi connectivity index (χ1) is 6.40. The van der Waals surface area contributed by atoms with E-state index >= 15 is 0 Å². The highest BCUT2D eigenvalue weighted by atomic mass is 16.6. The van der Waals surface area contributed by atoms with Crippen molar-refractivity contribution in [3.05, 3.63) is 34.4 Å². The van der Waals surface area contributed by atoms with Gasteiger partial charge in [-0.05, 0) is 32.9 Å². The highest BCUT2D eigenvalue weighted by Gasteiger charge is 2.20. The van der Waals surface area contributed by atoms with E-state index < -0.39 is 17.2 Å². The molecule has 0 aliphatic carbocycles. The van der Waals surface area contributed by atoms with Gasteiger partial charge in [-0.25, -0.2) is 9.59 Å². The Kier molecular flexibility index (Phi) is 2.74. The van der Waals surface area contributed by atoms with Crippen molar-refractivity contribution in [3.8, 4) is 0 Å². The van der Waals surface area contributed by atoms with Crippen molar-refractivity contribution in [2.45, 2.75) is 26.4 Å². The summed E-state index contributed by atoms with van der Waals surface area (Å²) in [6.45, 7) is 5.19. The van der Waals surface area contributed by atoms with Gasteiger partial charge < -0.3 is 9.15 Å². The van der Waals surface area contributed by atoms with Crippen LogP contribution in [0, 0.1) is 0 Å². The molecule has 0 radical (unpaired) electrons. The number of carbonyl (C=O) groups is 1. The van der Waals surface area contributed by atoms with Crippen molar-refractivity contribution in [2.24, 2.45) is 0 Å². The van der Waals surface area contributed by atoms with E-state index in [2.05, 4.69) is 4.42 Å². The summed E-state index contributed by atoms with van der Waals surface area (Å²) >= 11 is 0. The van der Waals surface area contributed by atoms with Gasteiger partial charge in [0.25, 0.3) is 0 Å². The molecule has 0 saturated heterocycles. The topological polar surface area (TPSA) is 56.5 Å². The first-order valence-electron chi connectivity index (χ1n) is 4.21. The van der Waals surface area contributed by atoms with Crippen LogP contribution in [0.3, 0.4) is 0 Å². The normalized spacial score (nSPS) is 11.1. The summed E-state index contributed by atoms with van der Waals surface area (Å²) in [6.07, 6.45) is 1.22. The van der Waals surface area contributed by atoms with E-state index in [9.17, 15) is 9.59 Å². The summed E-state index contributed by atoms with van der Waals surface area (Å²) in [7, 11) is 0. The van der Waals surface area contributed by atoms with Crippen molar-refractivity contribution < 1.29 is 13.9 Å². The largest absolute Gasteiger partial charge is 0.456 e. The zero-order valence-electron chi connectivity index (χ0n) is 8.37. The van der Waals surface area contributed by atoms with E-state index in [0.717, 1.165) is 0 Å². The van der Waals surface area contributed by atoms with Crippen LogP contribution in [0.2, 0.25) is 0 Å². The molecule has 0 aliphatic rings. The van der Waals surface area contributed by atoms with E-state index in [4.69, 9.17) is 4.74 Å². The monoisotopic (exact) mass is 196 g/mol. The molecule has 1 heterocycles. The highest BCUT2D eigenvalue weighted by molar-refractivity contribution is 5.88. The molecule has 1 rings (SSSR count). The van der Waals surface area contributed by atoms with Crippen molar-refractivity contribution in [2.75, 3.05) is 0 Å². The summed E-state index contributed by atoms with van der Waals surface area (Å²) in [5.41, 5.74) is -1.37. The van der Waals surface area contributed by atoms with Crippen molar-refractivity contribution in [3.63, 3.8) is 0 Å². The molecule has 14 heavy (non-hydrogen) atoms. The van der Waals surface area contributed by atoms with E-state index in [1.54, 1.807) is 20.8 Å². The molecule has 4 heteroatoms. The maximum atomic E-state index is 11.4. The Morgan fingerprint density at radius 2 is 2.07 bits per heavy atom. The molecule has 4 nitrogen and oxygen atoms in total. The second-order valence-electron chi connectivity index (χ2n) is 3.82. The van der Waals surface area contributed by atoms with Crippen LogP contribution in [0.5, 0.6) is 0 Å². The van der Waals surface area contributed by atoms with Gasteiger partial charge in [0.2, 0.25) is 0 Å². The lowest BCUT2D eigenvalue weighted by Crippen LogP contribution is -2.26. The van der Waals surface area contributed by atoms with Crippen LogP contribution in [0.4, 0.5) is 0 Å². The molecule has 0 saturated carbocycles. The predicted molar refractivity (Wildman–Crippen MR) is 50.1 cm³/mol. The van der Waals surface area contributed by atoms with Crippen molar-refractivity contribution >= 4 is 5.97 Å². The fourth-order valence-electron chi connectivity index (χ4n) is 0.853. The molecule has 1 aromatic heterocycles. The maximum absolute atomic E-state index is 11.4. The van der Waals surface area contributed by atoms with Crippen molar-refractivity contribution in [1.82, 2.24) is 0 Å². The average molecular weight is 196 g/mol. The molecule has 76 valence electrons. The fourth-order valence-corrected chi connectivity index (χ4v) is 0.853. The second kappa shape index (κ2) is 3.65.